The van der Waals surface area contributed by atoms with Gasteiger partial charge in [-0.05, 0) is 42.9 Å². The van der Waals surface area contributed by atoms with Gasteiger partial charge in [-0.2, -0.15) is 0 Å². The molecule has 0 bridgehead atoms. The van der Waals surface area contributed by atoms with Gasteiger partial charge in [-0.1, -0.05) is 18.6 Å². The molecule has 0 heterocycles. The normalized spacial score (nSPS) is 19.1. The Labute approximate surface area is 107 Å². The Balaban J connectivity index is 0.00000144. The average Bonchev–Trinajstić information content (AvgIpc) is 2.18. The van der Waals surface area contributed by atoms with Gasteiger partial charge >= 0.3 is 0 Å². The summed E-state index contributed by atoms with van der Waals surface area (Å²) in [7, 11) is 0. The van der Waals surface area contributed by atoms with Crippen molar-refractivity contribution in [1.29, 1.82) is 0 Å². The molecule has 0 aromatic heterocycles. The quantitative estimate of drug-likeness (QED) is 0.877. The second-order valence-electron chi connectivity index (χ2n) is 4.66. The lowest BCUT2D eigenvalue weighted by atomic mass is 9.77. The van der Waals surface area contributed by atoms with E-state index in [9.17, 15) is 9.50 Å². The molecule has 17 heavy (non-hydrogen) atoms. The molecule has 1 aliphatic carbocycles. The van der Waals surface area contributed by atoms with Gasteiger partial charge in [0.1, 0.15) is 5.82 Å². The molecule has 4 heteroatoms. The van der Waals surface area contributed by atoms with Crippen molar-refractivity contribution in [2.45, 2.75) is 38.3 Å². The maximum Gasteiger partial charge on any atom is 0.126 e. The molecule has 0 aliphatic heterocycles. The van der Waals surface area contributed by atoms with E-state index in [2.05, 4.69) is 0 Å². The highest BCUT2D eigenvalue weighted by Crippen LogP contribution is 2.35. The number of halogens is 2. The van der Waals surface area contributed by atoms with Crippen molar-refractivity contribution in [3.05, 3.63) is 35.1 Å². The van der Waals surface area contributed by atoms with Crippen LogP contribution in [0.5, 0.6) is 0 Å². The smallest absolute Gasteiger partial charge is 0.126 e. The highest BCUT2D eigenvalue weighted by Gasteiger charge is 2.31. The molecule has 2 rings (SSSR count). The Hall–Kier alpha value is -0.640. The molecular weight excluding hydrogens is 241 g/mol. The van der Waals surface area contributed by atoms with Gasteiger partial charge in [0.2, 0.25) is 0 Å². The molecular formula is C13H19ClFNO. The van der Waals surface area contributed by atoms with Crippen molar-refractivity contribution < 1.29 is 9.50 Å². The maximum atomic E-state index is 13.4. The predicted octanol–water partition coefficient (Wildman–Crippen LogP) is 2.72. The highest BCUT2D eigenvalue weighted by atomic mass is 35.5. The van der Waals surface area contributed by atoms with Crippen molar-refractivity contribution in [1.82, 2.24) is 0 Å². The third kappa shape index (κ3) is 2.79. The lowest BCUT2D eigenvalue weighted by molar-refractivity contribution is 0.0411. The zero-order chi connectivity index (χ0) is 11.7. The topological polar surface area (TPSA) is 46.2 Å². The Morgan fingerprint density at radius 2 is 2.06 bits per heavy atom. The molecule has 1 aromatic carbocycles. The highest BCUT2D eigenvalue weighted by molar-refractivity contribution is 5.85. The number of aliphatic hydroxyl groups excluding tert-OH is 1. The Morgan fingerprint density at radius 3 is 2.59 bits per heavy atom. The van der Waals surface area contributed by atoms with E-state index in [1.807, 2.05) is 0 Å². The third-order valence-electron chi connectivity index (χ3n) is 3.67. The van der Waals surface area contributed by atoms with Gasteiger partial charge < -0.3 is 10.8 Å². The van der Waals surface area contributed by atoms with Gasteiger partial charge in [0.05, 0.1) is 12.1 Å². The van der Waals surface area contributed by atoms with Gasteiger partial charge in [-0.15, -0.1) is 12.4 Å². The van der Waals surface area contributed by atoms with E-state index in [1.165, 1.54) is 6.07 Å². The number of hydrogen-bond donors (Lipinski definition) is 2. The van der Waals surface area contributed by atoms with Crippen LogP contribution in [-0.2, 0) is 0 Å². The summed E-state index contributed by atoms with van der Waals surface area (Å²) in [5.41, 5.74) is 7.27. The summed E-state index contributed by atoms with van der Waals surface area (Å²) in [5.74, 6) is 0.0337. The van der Waals surface area contributed by atoms with Crippen LogP contribution in [0.4, 0.5) is 4.39 Å². The average molecular weight is 260 g/mol. The molecule has 2 nitrogen and oxygen atoms in total. The van der Waals surface area contributed by atoms with E-state index in [0.717, 1.165) is 24.8 Å². The standard InChI is InChI=1S/C13H18FNO.ClH/c1-8-10(6-3-7-11(8)14)12(15)13(16)9-4-2-5-9;/h3,6-7,9,12-13,16H,2,4-5,15H2,1H3;1H/t12-,13+;/m1./s1. The zero-order valence-corrected chi connectivity index (χ0v) is 10.7. The first-order valence-electron chi connectivity index (χ1n) is 5.80. The molecule has 0 amide bonds. The molecule has 0 spiro atoms. The van der Waals surface area contributed by atoms with Crippen LogP contribution >= 0.6 is 12.4 Å². The molecule has 2 atom stereocenters. The molecule has 1 saturated carbocycles. The molecule has 3 N–H and O–H groups in total. The number of aliphatic hydroxyl groups is 1. The van der Waals surface area contributed by atoms with Gasteiger partial charge in [-0.3, -0.25) is 0 Å². The Kier molecular flexibility index (Phi) is 4.92. The maximum absolute atomic E-state index is 13.4. The summed E-state index contributed by atoms with van der Waals surface area (Å²) in [6.45, 7) is 1.71. The summed E-state index contributed by atoms with van der Waals surface area (Å²) in [6, 6.07) is 4.39. The van der Waals surface area contributed by atoms with Crippen LogP contribution in [0.15, 0.2) is 18.2 Å². The van der Waals surface area contributed by atoms with Crippen molar-refractivity contribution in [2.24, 2.45) is 11.7 Å². The lowest BCUT2D eigenvalue weighted by Crippen LogP contribution is -2.36. The van der Waals surface area contributed by atoms with Crippen LogP contribution < -0.4 is 5.73 Å². The molecule has 1 aliphatic rings. The molecule has 0 saturated heterocycles. The summed E-state index contributed by atoms with van der Waals surface area (Å²) in [4.78, 5) is 0. The Morgan fingerprint density at radius 1 is 1.41 bits per heavy atom. The summed E-state index contributed by atoms with van der Waals surface area (Å²) >= 11 is 0. The van der Waals surface area contributed by atoms with E-state index < -0.39 is 12.1 Å². The number of hydrogen-bond acceptors (Lipinski definition) is 2. The minimum absolute atomic E-state index is 0. The fourth-order valence-electron chi connectivity index (χ4n) is 2.24. The van der Waals surface area contributed by atoms with Gasteiger partial charge in [0.15, 0.2) is 0 Å². The second kappa shape index (κ2) is 5.80. The SMILES string of the molecule is Cc1c(F)cccc1[C@@H](N)[C@@H](O)C1CCC1.Cl. The molecule has 1 aromatic rings. The van der Waals surface area contributed by atoms with Crippen molar-refractivity contribution in [3.63, 3.8) is 0 Å². The van der Waals surface area contributed by atoms with E-state index in [4.69, 9.17) is 5.73 Å². The van der Waals surface area contributed by atoms with Gasteiger partial charge in [0.25, 0.3) is 0 Å². The van der Waals surface area contributed by atoms with Crippen molar-refractivity contribution >= 4 is 12.4 Å². The van der Waals surface area contributed by atoms with Crippen LogP contribution in [-0.4, -0.2) is 11.2 Å². The fourth-order valence-corrected chi connectivity index (χ4v) is 2.24. The van der Waals surface area contributed by atoms with E-state index in [1.54, 1.807) is 19.1 Å². The van der Waals surface area contributed by atoms with Crippen molar-refractivity contribution in [3.8, 4) is 0 Å². The largest absolute Gasteiger partial charge is 0.391 e. The fraction of sp³-hybridized carbons (Fsp3) is 0.538. The lowest BCUT2D eigenvalue weighted by Gasteiger charge is -2.34. The number of rotatable bonds is 3. The van der Waals surface area contributed by atoms with E-state index in [-0.39, 0.29) is 24.1 Å². The minimum atomic E-state index is -0.547. The van der Waals surface area contributed by atoms with E-state index >= 15 is 0 Å². The van der Waals surface area contributed by atoms with E-state index in [0.29, 0.717) is 5.56 Å². The molecule has 0 unspecified atom stereocenters. The van der Waals surface area contributed by atoms with Crippen LogP contribution in [0.1, 0.15) is 36.4 Å². The summed E-state index contributed by atoms with van der Waals surface area (Å²) in [5, 5.41) is 10.1. The zero-order valence-electron chi connectivity index (χ0n) is 9.90. The van der Waals surface area contributed by atoms with Crippen LogP contribution in [0.3, 0.4) is 0 Å². The predicted molar refractivity (Wildman–Crippen MR) is 68.7 cm³/mol. The van der Waals surface area contributed by atoms with Crippen molar-refractivity contribution in [2.75, 3.05) is 0 Å². The second-order valence-corrected chi connectivity index (χ2v) is 4.66. The third-order valence-corrected chi connectivity index (χ3v) is 3.67. The Bertz CT molecular complexity index is 382. The molecule has 0 radical (unpaired) electrons. The monoisotopic (exact) mass is 259 g/mol. The first-order valence-corrected chi connectivity index (χ1v) is 5.80. The van der Waals surface area contributed by atoms with Crippen LogP contribution in [0, 0.1) is 18.7 Å². The van der Waals surface area contributed by atoms with Gasteiger partial charge in [0, 0.05) is 0 Å². The van der Waals surface area contributed by atoms with Crippen LogP contribution in [0.25, 0.3) is 0 Å². The first kappa shape index (κ1) is 14.4. The minimum Gasteiger partial charge on any atom is -0.391 e. The first-order chi connectivity index (χ1) is 7.61. The summed E-state index contributed by atoms with van der Waals surface area (Å²) in [6.07, 6.45) is 2.68. The number of benzene rings is 1. The van der Waals surface area contributed by atoms with Crippen LogP contribution in [0.2, 0.25) is 0 Å². The summed E-state index contributed by atoms with van der Waals surface area (Å²) < 4.78 is 13.4. The molecule has 1 fully saturated rings. The number of nitrogens with two attached hydrogens (primary N) is 1. The van der Waals surface area contributed by atoms with Gasteiger partial charge in [-0.25, -0.2) is 4.39 Å². The molecule has 96 valence electrons.